The van der Waals surface area contributed by atoms with Crippen LogP contribution in [0.1, 0.15) is 25.8 Å². The topological polar surface area (TPSA) is 62.1 Å². The van der Waals surface area contributed by atoms with Gasteiger partial charge in [0, 0.05) is 13.2 Å². The highest BCUT2D eigenvalue weighted by molar-refractivity contribution is 5.81. The summed E-state index contributed by atoms with van der Waals surface area (Å²) < 4.78 is 5.43. The molecule has 1 amide bonds. The van der Waals surface area contributed by atoms with E-state index in [1.165, 1.54) is 0 Å². The lowest BCUT2D eigenvalue weighted by Gasteiger charge is -2.11. The van der Waals surface area contributed by atoms with Gasteiger partial charge in [-0.1, -0.05) is 44.2 Å². The van der Waals surface area contributed by atoms with Crippen molar-refractivity contribution < 1.29 is 9.53 Å². The standard InChI is InChI=1S/C17H24N2O2/c1-14(2)8-10-21-11-9-19-17(20)16(13-18)12-15-6-4-3-5-7-15/h3-7,14,16H,8-12H2,1-2H3,(H,19,20). The van der Waals surface area contributed by atoms with Crippen molar-refractivity contribution in [1.29, 1.82) is 5.26 Å². The Kier molecular flexibility index (Phi) is 8.15. The van der Waals surface area contributed by atoms with Gasteiger partial charge in [-0.25, -0.2) is 0 Å². The normalized spacial score (nSPS) is 11.9. The van der Waals surface area contributed by atoms with E-state index in [1.54, 1.807) is 0 Å². The van der Waals surface area contributed by atoms with Crippen LogP contribution >= 0.6 is 0 Å². The number of hydrogen-bond acceptors (Lipinski definition) is 3. The van der Waals surface area contributed by atoms with Crippen LogP contribution in [0.5, 0.6) is 0 Å². The van der Waals surface area contributed by atoms with Crippen LogP contribution in [0.15, 0.2) is 30.3 Å². The Morgan fingerprint density at radius 1 is 1.29 bits per heavy atom. The van der Waals surface area contributed by atoms with E-state index in [-0.39, 0.29) is 5.91 Å². The fourth-order valence-electron chi connectivity index (χ4n) is 1.84. The molecular formula is C17H24N2O2. The van der Waals surface area contributed by atoms with Crippen LogP contribution in [0.4, 0.5) is 0 Å². The summed E-state index contributed by atoms with van der Waals surface area (Å²) in [4.78, 5) is 11.9. The first-order valence-electron chi connectivity index (χ1n) is 7.42. The number of nitriles is 1. The van der Waals surface area contributed by atoms with Gasteiger partial charge in [0.25, 0.3) is 0 Å². The zero-order chi connectivity index (χ0) is 15.5. The molecule has 0 saturated heterocycles. The molecule has 4 nitrogen and oxygen atoms in total. The van der Waals surface area contributed by atoms with Crippen molar-refractivity contribution in [2.75, 3.05) is 19.8 Å². The van der Waals surface area contributed by atoms with Gasteiger partial charge in [0.2, 0.25) is 5.91 Å². The fourth-order valence-corrected chi connectivity index (χ4v) is 1.84. The van der Waals surface area contributed by atoms with Crippen LogP contribution < -0.4 is 5.32 Å². The van der Waals surface area contributed by atoms with E-state index in [4.69, 9.17) is 10.00 Å². The molecule has 0 bridgehead atoms. The van der Waals surface area contributed by atoms with Crippen molar-refractivity contribution in [1.82, 2.24) is 5.32 Å². The van der Waals surface area contributed by atoms with Gasteiger partial charge < -0.3 is 10.1 Å². The molecule has 114 valence electrons. The Labute approximate surface area is 127 Å². The number of nitrogens with zero attached hydrogens (tertiary/aromatic N) is 1. The molecule has 21 heavy (non-hydrogen) atoms. The van der Waals surface area contributed by atoms with E-state index >= 15 is 0 Å². The van der Waals surface area contributed by atoms with E-state index in [1.807, 2.05) is 30.3 Å². The van der Waals surface area contributed by atoms with Gasteiger partial charge in [-0.15, -0.1) is 0 Å². The fraction of sp³-hybridized carbons (Fsp3) is 0.529. The van der Waals surface area contributed by atoms with Crippen LogP contribution in [0.3, 0.4) is 0 Å². The molecule has 0 fully saturated rings. The third-order valence-electron chi connectivity index (χ3n) is 3.14. The number of amides is 1. The van der Waals surface area contributed by atoms with E-state index in [0.717, 1.165) is 12.0 Å². The van der Waals surface area contributed by atoms with Crippen LogP contribution in [0.25, 0.3) is 0 Å². The average Bonchev–Trinajstić information content (AvgIpc) is 2.48. The highest BCUT2D eigenvalue weighted by atomic mass is 16.5. The van der Waals surface area contributed by atoms with Gasteiger partial charge in [0.1, 0.15) is 5.92 Å². The summed E-state index contributed by atoms with van der Waals surface area (Å²) in [5.74, 6) is -0.259. The molecule has 1 aromatic carbocycles. The van der Waals surface area contributed by atoms with Crippen LogP contribution in [-0.4, -0.2) is 25.7 Å². The molecule has 0 radical (unpaired) electrons. The third kappa shape index (κ3) is 7.48. The van der Waals surface area contributed by atoms with Gasteiger partial charge in [0.05, 0.1) is 12.7 Å². The molecule has 1 unspecified atom stereocenters. The van der Waals surface area contributed by atoms with Crippen molar-refractivity contribution in [3.8, 4) is 6.07 Å². The van der Waals surface area contributed by atoms with Crippen molar-refractivity contribution in [3.63, 3.8) is 0 Å². The molecule has 0 aliphatic carbocycles. The zero-order valence-electron chi connectivity index (χ0n) is 12.8. The van der Waals surface area contributed by atoms with Crippen molar-refractivity contribution >= 4 is 5.91 Å². The summed E-state index contributed by atoms with van der Waals surface area (Å²) in [7, 11) is 0. The molecule has 0 aliphatic rings. The SMILES string of the molecule is CC(C)CCOCCNC(=O)C(C#N)Cc1ccccc1. The molecule has 0 heterocycles. The number of rotatable bonds is 9. The molecule has 0 spiro atoms. The summed E-state index contributed by atoms with van der Waals surface area (Å²) in [6.45, 7) is 5.93. The largest absolute Gasteiger partial charge is 0.380 e. The number of benzene rings is 1. The lowest BCUT2D eigenvalue weighted by atomic mass is 10.00. The maximum Gasteiger partial charge on any atom is 0.237 e. The second-order valence-corrected chi connectivity index (χ2v) is 5.46. The average molecular weight is 288 g/mol. The zero-order valence-corrected chi connectivity index (χ0v) is 12.8. The minimum Gasteiger partial charge on any atom is -0.380 e. The van der Waals surface area contributed by atoms with Crippen LogP contribution in [-0.2, 0) is 16.0 Å². The molecule has 1 rings (SSSR count). The van der Waals surface area contributed by atoms with Crippen molar-refractivity contribution in [2.24, 2.45) is 11.8 Å². The summed E-state index contributed by atoms with van der Waals surface area (Å²) >= 11 is 0. The predicted molar refractivity (Wildman–Crippen MR) is 82.5 cm³/mol. The van der Waals surface area contributed by atoms with Gasteiger partial charge in [0.15, 0.2) is 0 Å². The molecule has 0 aromatic heterocycles. The lowest BCUT2D eigenvalue weighted by Crippen LogP contribution is -2.33. The van der Waals surface area contributed by atoms with Gasteiger partial charge in [-0.05, 0) is 24.3 Å². The van der Waals surface area contributed by atoms with Crippen LogP contribution in [0, 0.1) is 23.2 Å². The Hall–Kier alpha value is -1.86. The first-order valence-corrected chi connectivity index (χ1v) is 7.42. The highest BCUT2D eigenvalue weighted by Crippen LogP contribution is 2.08. The Bertz CT molecular complexity index is 452. The third-order valence-corrected chi connectivity index (χ3v) is 3.14. The summed E-state index contributed by atoms with van der Waals surface area (Å²) in [5.41, 5.74) is 0.993. The monoisotopic (exact) mass is 288 g/mol. The highest BCUT2D eigenvalue weighted by Gasteiger charge is 2.17. The van der Waals surface area contributed by atoms with Gasteiger partial charge >= 0.3 is 0 Å². The molecule has 4 heteroatoms. The van der Waals surface area contributed by atoms with E-state index < -0.39 is 5.92 Å². The minimum atomic E-state index is -0.650. The molecule has 1 N–H and O–H groups in total. The molecule has 0 aliphatic heterocycles. The lowest BCUT2D eigenvalue weighted by molar-refractivity contribution is -0.123. The summed E-state index contributed by atoms with van der Waals surface area (Å²) in [6, 6.07) is 11.6. The Balaban J connectivity index is 2.25. The number of carbonyl (C=O) groups is 1. The van der Waals surface area contributed by atoms with E-state index in [0.29, 0.717) is 32.1 Å². The second-order valence-electron chi connectivity index (χ2n) is 5.46. The number of nitrogens with one attached hydrogen (secondary N) is 1. The minimum absolute atomic E-state index is 0.228. The smallest absolute Gasteiger partial charge is 0.237 e. The van der Waals surface area contributed by atoms with E-state index in [9.17, 15) is 4.79 Å². The molecule has 1 atom stereocenters. The predicted octanol–water partition coefficient (Wildman–Crippen LogP) is 2.55. The number of hydrogen-bond donors (Lipinski definition) is 1. The van der Waals surface area contributed by atoms with Crippen molar-refractivity contribution in [2.45, 2.75) is 26.7 Å². The Morgan fingerprint density at radius 3 is 2.62 bits per heavy atom. The number of ether oxygens (including phenoxy) is 1. The van der Waals surface area contributed by atoms with Gasteiger partial charge in [-0.3, -0.25) is 4.79 Å². The Morgan fingerprint density at radius 2 is 2.00 bits per heavy atom. The van der Waals surface area contributed by atoms with E-state index in [2.05, 4.69) is 25.2 Å². The summed E-state index contributed by atoms with van der Waals surface area (Å²) in [6.07, 6.45) is 1.46. The first-order chi connectivity index (χ1) is 10.1. The first kappa shape index (κ1) is 17.2. The molecule has 0 saturated carbocycles. The van der Waals surface area contributed by atoms with Gasteiger partial charge in [-0.2, -0.15) is 5.26 Å². The molecule has 1 aromatic rings. The maximum atomic E-state index is 11.9. The number of carbonyl (C=O) groups excluding carboxylic acids is 1. The molecular weight excluding hydrogens is 264 g/mol. The van der Waals surface area contributed by atoms with Crippen molar-refractivity contribution in [3.05, 3.63) is 35.9 Å². The quantitative estimate of drug-likeness (QED) is 0.710. The van der Waals surface area contributed by atoms with Crippen LogP contribution in [0.2, 0.25) is 0 Å². The maximum absolute atomic E-state index is 11.9. The summed E-state index contributed by atoms with van der Waals surface area (Å²) in [5, 5.41) is 11.9. The second kappa shape index (κ2) is 9.95.